The summed E-state index contributed by atoms with van der Waals surface area (Å²) in [5, 5.41) is 0.0427. The molecule has 0 radical (unpaired) electrons. The lowest BCUT2D eigenvalue weighted by molar-refractivity contribution is 1.60. The topological polar surface area (TPSA) is 52.0 Å². The Bertz CT molecular complexity index is 677. The quantitative estimate of drug-likeness (QED) is 0.338. The van der Waals surface area contributed by atoms with Crippen molar-refractivity contribution in [2.45, 2.75) is 0 Å². The van der Waals surface area contributed by atoms with Crippen molar-refractivity contribution < 1.29 is 0 Å². The molecule has 0 heterocycles. The van der Waals surface area contributed by atoms with Crippen LogP contribution in [0.25, 0.3) is 11.1 Å². The number of hydrogen-bond donors (Lipinski definition) is 2. The summed E-state index contributed by atoms with van der Waals surface area (Å²) >= 11 is 49.0. The number of nitrogen functional groups attached to an aromatic ring is 2. The van der Waals surface area contributed by atoms with Crippen molar-refractivity contribution in [1.82, 2.24) is 0 Å². The Morgan fingerprint density at radius 1 is 0.364 bits per heavy atom. The molecule has 0 saturated heterocycles. The van der Waals surface area contributed by atoms with E-state index < -0.39 is 0 Å². The van der Waals surface area contributed by atoms with Gasteiger partial charge in [0.05, 0.1) is 51.6 Å². The number of benzene rings is 2. The van der Waals surface area contributed by atoms with E-state index in [1.165, 1.54) is 0 Å². The van der Waals surface area contributed by atoms with E-state index >= 15 is 0 Å². The third-order valence-electron chi connectivity index (χ3n) is 2.84. The monoisotopic (exact) mass is 456 g/mol. The number of rotatable bonds is 1. The molecule has 0 aliphatic carbocycles. The van der Waals surface area contributed by atoms with Gasteiger partial charge in [-0.3, -0.25) is 0 Å². The molecule has 0 atom stereocenters. The lowest BCUT2D eigenvalue weighted by Crippen LogP contribution is -1.97. The average Bonchev–Trinajstić information content (AvgIpc) is 2.50. The first-order chi connectivity index (χ1) is 10.1. The maximum absolute atomic E-state index is 6.21. The van der Waals surface area contributed by atoms with Gasteiger partial charge in [-0.05, 0) is 0 Å². The normalized spacial score (nSPS) is 11.1. The van der Waals surface area contributed by atoms with Crippen molar-refractivity contribution in [2.75, 3.05) is 11.5 Å². The fourth-order valence-electron chi connectivity index (χ4n) is 1.74. The summed E-state index contributed by atoms with van der Waals surface area (Å²) in [6, 6.07) is 0. The SMILES string of the molecule is Nc1c(Cl)c(Cl)c(-c2c(Cl)c(Cl)c(N)c(Cl)c2Cl)c(Cl)c1Cl. The molecule has 0 aliphatic rings. The van der Waals surface area contributed by atoms with Crippen LogP contribution < -0.4 is 11.5 Å². The molecule has 0 bridgehead atoms. The molecule has 0 saturated carbocycles. The minimum Gasteiger partial charge on any atom is -0.396 e. The van der Waals surface area contributed by atoms with E-state index in [1.807, 2.05) is 0 Å². The predicted octanol–water partition coefficient (Wildman–Crippen LogP) is 7.75. The zero-order valence-corrected chi connectivity index (χ0v) is 16.2. The highest BCUT2D eigenvalue weighted by Gasteiger charge is 2.27. The van der Waals surface area contributed by atoms with Crippen molar-refractivity contribution in [3.63, 3.8) is 0 Å². The Morgan fingerprint density at radius 2 is 0.545 bits per heavy atom. The standard InChI is InChI=1S/C12H4Cl8N2/c13-3-1(4(14)8(18)11(21)7(3)17)2-5(15)9(19)12(22)10(20)6(2)16/h21-22H2. The second-order valence-corrected chi connectivity index (χ2v) is 7.11. The molecule has 10 heteroatoms. The molecule has 2 aromatic rings. The number of nitrogens with two attached hydrogens (primary N) is 2. The van der Waals surface area contributed by atoms with E-state index in [9.17, 15) is 0 Å². The predicted molar refractivity (Wildman–Crippen MR) is 101 cm³/mol. The van der Waals surface area contributed by atoms with Gasteiger partial charge >= 0.3 is 0 Å². The molecule has 2 nitrogen and oxygen atoms in total. The van der Waals surface area contributed by atoms with Gasteiger partial charge in [-0.1, -0.05) is 92.8 Å². The van der Waals surface area contributed by atoms with Crippen LogP contribution in [0, 0.1) is 0 Å². The summed E-state index contributed by atoms with van der Waals surface area (Å²) in [7, 11) is 0. The zero-order valence-electron chi connectivity index (χ0n) is 10.2. The molecule has 0 aliphatic heterocycles. The number of anilines is 2. The lowest BCUT2D eigenvalue weighted by Gasteiger charge is -2.18. The maximum atomic E-state index is 6.21. The first-order valence-electron chi connectivity index (χ1n) is 5.34. The Hall–Kier alpha value is 0.360. The lowest BCUT2D eigenvalue weighted by atomic mass is 10.0. The summed E-state index contributed by atoms with van der Waals surface area (Å²) in [6.45, 7) is 0. The molecule has 2 rings (SSSR count). The molecule has 118 valence electrons. The highest BCUT2D eigenvalue weighted by molar-refractivity contribution is 6.56. The summed E-state index contributed by atoms with van der Waals surface area (Å²) in [5.41, 5.74) is 11.8. The average molecular weight is 460 g/mol. The van der Waals surface area contributed by atoms with Crippen LogP contribution in [-0.2, 0) is 0 Å². The molecular formula is C12H4Cl8N2. The minimum atomic E-state index is 0.00210. The van der Waals surface area contributed by atoms with Gasteiger partial charge in [0.1, 0.15) is 0 Å². The van der Waals surface area contributed by atoms with Crippen LogP contribution in [0.4, 0.5) is 11.4 Å². The molecule has 22 heavy (non-hydrogen) atoms. The van der Waals surface area contributed by atoms with Crippen LogP contribution in [0.3, 0.4) is 0 Å². The summed E-state index contributed by atoms with van der Waals surface area (Å²) in [6.07, 6.45) is 0. The van der Waals surface area contributed by atoms with Gasteiger partial charge in [-0.25, -0.2) is 0 Å². The third kappa shape index (κ3) is 2.78. The van der Waals surface area contributed by atoms with Gasteiger partial charge in [0.25, 0.3) is 0 Å². The summed E-state index contributed by atoms with van der Waals surface area (Å²) in [4.78, 5) is 0. The highest BCUT2D eigenvalue weighted by Crippen LogP contribution is 2.54. The maximum Gasteiger partial charge on any atom is 0.0844 e. The van der Waals surface area contributed by atoms with Gasteiger partial charge in [0.2, 0.25) is 0 Å². The molecule has 4 N–H and O–H groups in total. The van der Waals surface area contributed by atoms with Crippen LogP contribution >= 0.6 is 92.8 Å². The number of hydrogen-bond acceptors (Lipinski definition) is 2. The van der Waals surface area contributed by atoms with Crippen LogP contribution in [0.2, 0.25) is 40.2 Å². The fraction of sp³-hybridized carbons (Fsp3) is 0. The van der Waals surface area contributed by atoms with Crippen molar-refractivity contribution >= 4 is 104 Å². The summed E-state index contributed by atoms with van der Waals surface area (Å²) < 4.78 is 0. The van der Waals surface area contributed by atoms with Crippen molar-refractivity contribution in [3.05, 3.63) is 40.2 Å². The third-order valence-corrected chi connectivity index (χ3v) is 6.31. The van der Waals surface area contributed by atoms with Gasteiger partial charge in [0.15, 0.2) is 0 Å². The highest BCUT2D eigenvalue weighted by atomic mass is 35.5. The first kappa shape index (κ1) is 18.7. The van der Waals surface area contributed by atoms with Crippen molar-refractivity contribution in [1.29, 1.82) is 0 Å². The molecular weight excluding hydrogens is 456 g/mol. The van der Waals surface area contributed by atoms with Crippen molar-refractivity contribution in [3.8, 4) is 11.1 Å². The first-order valence-corrected chi connectivity index (χ1v) is 8.36. The molecule has 0 spiro atoms. The van der Waals surface area contributed by atoms with Crippen molar-refractivity contribution in [2.24, 2.45) is 0 Å². The van der Waals surface area contributed by atoms with Gasteiger partial charge in [0, 0.05) is 11.1 Å². The Kier molecular flexibility index (Phi) is 5.69. The van der Waals surface area contributed by atoms with Crippen LogP contribution in [0.5, 0.6) is 0 Å². The molecule has 0 aromatic heterocycles. The molecule has 0 unspecified atom stereocenters. The fourth-order valence-corrected chi connectivity index (χ4v) is 3.85. The second-order valence-electron chi connectivity index (χ2n) is 4.09. The number of halogens is 8. The van der Waals surface area contributed by atoms with Crippen LogP contribution in [-0.4, -0.2) is 0 Å². The molecule has 0 fully saturated rings. The Morgan fingerprint density at radius 3 is 0.727 bits per heavy atom. The minimum absolute atomic E-state index is 0.00210. The summed E-state index contributed by atoms with van der Waals surface area (Å²) in [5.74, 6) is 0. The Balaban J connectivity index is 3.03. The van der Waals surface area contributed by atoms with Crippen LogP contribution in [0.1, 0.15) is 0 Å². The second kappa shape index (κ2) is 6.70. The van der Waals surface area contributed by atoms with E-state index in [-0.39, 0.29) is 62.7 Å². The van der Waals surface area contributed by atoms with E-state index in [0.29, 0.717) is 0 Å². The van der Waals surface area contributed by atoms with Gasteiger partial charge in [-0.2, -0.15) is 0 Å². The Labute approximate surface area is 166 Å². The zero-order chi connectivity index (χ0) is 16.9. The van der Waals surface area contributed by atoms with Gasteiger partial charge in [-0.15, -0.1) is 0 Å². The molecule has 2 aromatic carbocycles. The van der Waals surface area contributed by atoms with Crippen LogP contribution in [0.15, 0.2) is 0 Å². The largest absolute Gasteiger partial charge is 0.396 e. The van der Waals surface area contributed by atoms with E-state index in [0.717, 1.165) is 0 Å². The van der Waals surface area contributed by atoms with Gasteiger partial charge < -0.3 is 11.5 Å². The molecule has 0 amide bonds. The van der Waals surface area contributed by atoms with E-state index in [4.69, 9.17) is 104 Å². The van der Waals surface area contributed by atoms with E-state index in [2.05, 4.69) is 0 Å². The van der Waals surface area contributed by atoms with E-state index in [1.54, 1.807) is 0 Å². The smallest absolute Gasteiger partial charge is 0.0844 e.